The number of nitrogens with two attached hydrogens (primary N) is 1. The number of fused-ring (bicyclic) bond motifs is 1. The summed E-state index contributed by atoms with van der Waals surface area (Å²) in [4.78, 5) is 59.6. The molecule has 2 saturated heterocycles. The largest absolute Gasteiger partial charge is 0.481 e. The van der Waals surface area contributed by atoms with Gasteiger partial charge in [-0.05, 0) is 30.7 Å². The Bertz CT molecular complexity index is 942. The highest BCUT2D eigenvalue weighted by molar-refractivity contribution is 5.97. The third-order valence-corrected chi connectivity index (χ3v) is 5.53. The van der Waals surface area contributed by atoms with Crippen LogP contribution < -0.4 is 37.2 Å². The lowest BCUT2D eigenvalue weighted by molar-refractivity contribution is -0.140. The second kappa shape index (κ2) is 11.0. The summed E-state index contributed by atoms with van der Waals surface area (Å²) in [6.07, 6.45) is -1.01. The Morgan fingerprint density at radius 3 is 2.53 bits per heavy atom. The van der Waals surface area contributed by atoms with E-state index in [1.807, 2.05) is 0 Å². The molecule has 1 aromatic rings. The van der Waals surface area contributed by atoms with Crippen LogP contribution in [0, 0.1) is 0 Å². The Labute approximate surface area is 194 Å². The fourth-order valence-electron chi connectivity index (χ4n) is 3.79. The number of hydrogen-bond donors (Lipinski definition) is 8. The van der Waals surface area contributed by atoms with Crippen LogP contribution in [0.5, 0.6) is 0 Å². The molecule has 4 unspecified atom stereocenters. The van der Waals surface area contributed by atoms with Crippen LogP contribution >= 0.6 is 0 Å². The highest BCUT2D eigenvalue weighted by Gasteiger charge is 2.39. The molecule has 0 aromatic heterocycles. The first-order valence-electron chi connectivity index (χ1n) is 10.6. The number of nitrogens with zero attached hydrogens (tertiary/aromatic N) is 1. The van der Waals surface area contributed by atoms with Gasteiger partial charge < -0.3 is 25.7 Å². The zero-order chi connectivity index (χ0) is 24.8. The first-order chi connectivity index (χ1) is 16.2. The van der Waals surface area contributed by atoms with Crippen LogP contribution in [0.15, 0.2) is 24.3 Å². The number of carbonyl (C=O) groups excluding carboxylic acids is 3. The zero-order valence-corrected chi connectivity index (χ0v) is 18.1. The molecule has 34 heavy (non-hydrogen) atoms. The maximum absolute atomic E-state index is 12.4. The number of carboxylic acid groups (broad SMARTS) is 2. The molecule has 3 rings (SSSR count). The van der Waals surface area contributed by atoms with Gasteiger partial charge in [0.1, 0.15) is 18.4 Å². The molecular weight excluding hydrogens is 450 g/mol. The van der Waals surface area contributed by atoms with Crippen LogP contribution in [0.25, 0.3) is 0 Å². The van der Waals surface area contributed by atoms with Gasteiger partial charge in [-0.1, -0.05) is 0 Å². The van der Waals surface area contributed by atoms with Gasteiger partial charge in [-0.25, -0.2) is 4.79 Å². The molecule has 14 nitrogen and oxygen atoms in total. The Morgan fingerprint density at radius 1 is 1.21 bits per heavy atom. The summed E-state index contributed by atoms with van der Waals surface area (Å²) in [7, 11) is 0. The van der Waals surface area contributed by atoms with E-state index in [4.69, 9.17) is 10.8 Å². The molecule has 14 heteroatoms. The van der Waals surface area contributed by atoms with E-state index >= 15 is 0 Å². The molecule has 9 N–H and O–H groups in total. The van der Waals surface area contributed by atoms with Crippen molar-refractivity contribution in [2.24, 2.45) is 5.73 Å². The van der Waals surface area contributed by atoms with E-state index < -0.39 is 42.6 Å². The number of piperazine rings is 1. The summed E-state index contributed by atoms with van der Waals surface area (Å²) in [5.74, 6) is -3.44. The van der Waals surface area contributed by atoms with Crippen LogP contribution in [0.3, 0.4) is 0 Å². The van der Waals surface area contributed by atoms with Crippen molar-refractivity contribution in [1.82, 2.24) is 26.6 Å². The van der Waals surface area contributed by atoms with E-state index in [1.165, 1.54) is 29.2 Å². The number of nitrogens with one attached hydrogen (secondary N) is 5. The third kappa shape index (κ3) is 6.26. The molecule has 0 spiro atoms. The fourth-order valence-corrected chi connectivity index (χ4v) is 3.79. The summed E-state index contributed by atoms with van der Waals surface area (Å²) in [5.41, 5.74) is 6.34. The summed E-state index contributed by atoms with van der Waals surface area (Å²) >= 11 is 0. The van der Waals surface area contributed by atoms with Crippen molar-refractivity contribution in [2.45, 2.75) is 43.4 Å². The van der Waals surface area contributed by atoms with Crippen molar-refractivity contribution >= 4 is 35.9 Å². The Hall–Kier alpha value is -3.59. The van der Waals surface area contributed by atoms with E-state index in [1.54, 1.807) is 0 Å². The molecule has 0 radical (unpaired) electrons. The SMILES string of the molecule is NC1NC(=O)C2NC(CN(C=O)c3ccc(C(=O)N[C@@H](CCC(=O)O)C(=O)O)cc3)CNC2N1. The number of hydrogen-bond acceptors (Lipinski definition) is 9. The smallest absolute Gasteiger partial charge is 0.326 e. The van der Waals surface area contributed by atoms with Gasteiger partial charge in [-0.2, -0.15) is 0 Å². The predicted molar refractivity (Wildman–Crippen MR) is 117 cm³/mol. The van der Waals surface area contributed by atoms with Gasteiger partial charge in [0.25, 0.3) is 5.91 Å². The second-order valence-electron chi connectivity index (χ2n) is 7.98. The monoisotopic (exact) mass is 477 g/mol. The van der Waals surface area contributed by atoms with Gasteiger partial charge in [-0.15, -0.1) is 0 Å². The topological polar surface area (TPSA) is 215 Å². The fraction of sp³-hybridized carbons (Fsp3) is 0.450. The predicted octanol–water partition coefficient (Wildman–Crippen LogP) is -3.08. The van der Waals surface area contributed by atoms with Crippen molar-refractivity contribution in [1.29, 1.82) is 0 Å². The van der Waals surface area contributed by atoms with Gasteiger partial charge in [0.15, 0.2) is 0 Å². The third-order valence-electron chi connectivity index (χ3n) is 5.53. The van der Waals surface area contributed by atoms with Crippen LogP contribution in [0.2, 0.25) is 0 Å². The van der Waals surface area contributed by atoms with E-state index in [0.717, 1.165) is 0 Å². The van der Waals surface area contributed by atoms with Gasteiger partial charge in [0.05, 0.1) is 6.17 Å². The van der Waals surface area contributed by atoms with Gasteiger partial charge in [0, 0.05) is 36.8 Å². The van der Waals surface area contributed by atoms with E-state index in [2.05, 4.69) is 26.6 Å². The number of rotatable bonds is 10. The molecule has 184 valence electrons. The zero-order valence-electron chi connectivity index (χ0n) is 18.1. The van der Waals surface area contributed by atoms with Crippen molar-refractivity contribution in [3.05, 3.63) is 29.8 Å². The van der Waals surface area contributed by atoms with Gasteiger partial charge in [0.2, 0.25) is 12.3 Å². The summed E-state index contributed by atoms with van der Waals surface area (Å²) < 4.78 is 0. The molecule has 2 fully saturated rings. The van der Waals surface area contributed by atoms with Crippen LogP contribution in [-0.2, 0) is 19.2 Å². The average Bonchev–Trinajstić information content (AvgIpc) is 2.80. The maximum atomic E-state index is 12.4. The lowest BCUT2D eigenvalue weighted by Crippen LogP contribution is -2.78. The van der Waals surface area contributed by atoms with E-state index in [0.29, 0.717) is 18.6 Å². The second-order valence-corrected chi connectivity index (χ2v) is 7.98. The van der Waals surface area contributed by atoms with Crippen molar-refractivity contribution < 1.29 is 34.2 Å². The molecule has 2 aliphatic rings. The quantitative estimate of drug-likeness (QED) is 0.158. The number of benzene rings is 1. The Balaban J connectivity index is 1.59. The molecule has 0 bridgehead atoms. The summed E-state index contributed by atoms with van der Waals surface area (Å²) in [6, 6.07) is 3.76. The lowest BCUT2D eigenvalue weighted by atomic mass is 10.0. The molecular formula is C20H27N7O7. The number of anilines is 1. The molecule has 0 saturated carbocycles. The number of amides is 3. The van der Waals surface area contributed by atoms with Crippen molar-refractivity contribution in [3.63, 3.8) is 0 Å². The van der Waals surface area contributed by atoms with Crippen LogP contribution in [0.4, 0.5) is 5.69 Å². The van der Waals surface area contributed by atoms with Crippen LogP contribution in [0.1, 0.15) is 23.2 Å². The first kappa shape index (κ1) is 25.0. The molecule has 2 heterocycles. The van der Waals surface area contributed by atoms with Gasteiger partial charge in [-0.3, -0.25) is 40.9 Å². The standard InChI is InChI=1S/C20H27N7O7/c21-20-25-16-15(18(32)26-20)23-11(7-22-16)8-27(9-28)12-3-1-10(2-4-12)17(31)24-13(19(33)34)5-6-14(29)30/h1-4,9,11,13,15-16,20,22-23,25H,5-8,21H2,(H,24,31)(H,26,32)(H,29,30)(H,33,34)/t11?,13-,15?,16?,20?/m0/s1. The Morgan fingerprint density at radius 2 is 1.91 bits per heavy atom. The highest BCUT2D eigenvalue weighted by Crippen LogP contribution is 2.16. The minimum Gasteiger partial charge on any atom is -0.481 e. The van der Waals surface area contributed by atoms with E-state index in [-0.39, 0.29) is 36.6 Å². The number of carboxylic acids is 2. The lowest BCUT2D eigenvalue weighted by Gasteiger charge is -2.43. The summed E-state index contributed by atoms with van der Waals surface area (Å²) in [6.45, 7) is 0.701. The minimum absolute atomic E-state index is 0.151. The maximum Gasteiger partial charge on any atom is 0.326 e. The molecule has 1 aromatic carbocycles. The van der Waals surface area contributed by atoms with Crippen LogP contribution in [-0.4, -0.2) is 84.0 Å². The normalized spacial score (nSPS) is 24.8. The van der Waals surface area contributed by atoms with Gasteiger partial charge >= 0.3 is 11.9 Å². The van der Waals surface area contributed by atoms with Crippen molar-refractivity contribution in [3.8, 4) is 0 Å². The summed E-state index contributed by atoms with van der Waals surface area (Å²) in [5, 5.41) is 32.2. The molecule has 0 aliphatic carbocycles. The number of carbonyl (C=O) groups is 5. The molecule has 3 amide bonds. The average molecular weight is 477 g/mol. The number of aliphatic carboxylic acids is 2. The van der Waals surface area contributed by atoms with Crippen molar-refractivity contribution in [2.75, 3.05) is 18.0 Å². The Kier molecular flexibility index (Phi) is 8.12. The van der Waals surface area contributed by atoms with E-state index in [9.17, 15) is 29.1 Å². The molecule has 5 atom stereocenters. The first-order valence-corrected chi connectivity index (χ1v) is 10.6. The molecule has 2 aliphatic heterocycles. The highest BCUT2D eigenvalue weighted by atomic mass is 16.4. The minimum atomic E-state index is -1.34.